The molecule has 0 fully saturated rings. The Morgan fingerprint density at radius 2 is 0.864 bits per heavy atom. The van der Waals surface area contributed by atoms with Crippen molar-refractivity contribution in [1.82, 2.24) is 0 Å². The van der Waals surface area contributed by atoms with Gasteiger partial charge in [-0.05, 0) is 127 Å². The summed E-state index contributed by atoms with van der Waals surface area (Å²) in [7, 11) is 0. The Labute approximate surface area is 394 Å². The van der Waals surface area contributed by atoms with E-state index in [1.807, 2.05) is 0 Å². The van der Waals surface area contributed by atoms with E-state index >= 15 is 0 Å². The van der Waals surface area contributed by atoms with Crippen molar-refractivity contribution in [3.05, 3.63) is 167 Å². The second-order valence-corrected chi connectivity index (χ2v) is 21.4. The maximum absolute atomic E-state index is 6.89. The van der Waals surface area contributed by atoms with E-state index in [4.69, 9.17) is 4.42 Å². The van der Waals surface area contributed by atoms with Gasteiger partial charge in [-0.15, -0.1) is 0 Å². The highest BCUT2D eigenvalue weighted by Crippen LogP contribution is 2.58. The Hall–Kier alpha value is -5.66. The predicted octanol–water partition coefficient (Wildman–Crippen LogP) is 19.3. The summed E-state index contributed by atoms with van der Waals surface area (Å²) in [6.45, 7) is 14.3. The van der Waals surface area contributed by atoms with Crippen molar-refractivity contribution in [2.24, 2.45) is 0 Å². The summed E-state index contributed by atoms with van der Waals surface area (Å²) in [6, 6.07) is 51.6. The second-order valence-electron chi connectivity index (χ2n) is 21.4. The van der Waals surface area contributed by atoms with Crippen LogP contribution in [0.5, 0.6) is 0 Å². The number of benzene rings is 7. The molecule has 0 radical (unpaired) electrons. The van der Waals surface area contributed by atoms with Crippen LogP contribution < -0.4 is 0 Å². The third-order valence-corrected chi connectivity index (χ3v) is 16.7. The zero-order valence-corrected chi connectivity index (χ0v) is 40.5. The van der Waals surface area contributed by atoms with E-state index in [0.717, 1.165) is 11.2 Å². The van der Waals surface area contributed by atoms with Crippen LogP contribution in [0.2, 0.25) is 0 Å². The molecule has 7 aromatic carbocycles. The summed E-state index contributed by atoms with van der Waals surface area (Å²) in [5.41, 5.74) is 23.8. The van der Waals surface area contributed by atoms with Gasteiger partial charge in [-0.25, -0.2) is 0 Å². The SMILES string of the molecule is CCCCCCCCC1(CCCCCCCC)c2ccccc2-c2ccc(-c3ccc4c(c3)C(C)(C)c3cc(-c5cc6c(c7c5oc5ccccc57)-c5ccccc5C6(C)C)ccc3-4)cc21. The highest BCUT2D eigenvalue weighted by atomic mass is 16.3. The van der Waals surface area contributed by atoms with Gasteiger partial charge in [0.05, 0.1) is 0 Å². The molecule has 3 aliphatic carbocycles. The van der Waals surface area contributed by atoms with E-state index < -0.39 is 0 Å². The number of fused-ring (bicyclic) bond motifs is 13. The summed E-state index contributed by atoms with van der Waals surface area (Å²) >= 11 is 0. The van der Waals surface area contributed by atoms with Gasteiger partial charge in [-0.3, -0.25) is 0 Å². The summed E-state index contributed by atoms with van der Waals surface area (Å²) in [5, 5.41) is 2.43. The Morgan fingerprint density at radius 1 is 0.379 bits per heavy atom. The Kier molecular flexibility index (Phi) is 11.0. The first-order valence-corrected chi connectivity index (χ1v) is 25.8. The molecule has 1 aromatic heterocycles. The lowest BCUT2D eigenvalue weighted by molar-refractivity contribution is 0.398. The average molecular weight is 865 g/mol. The molecule has 0 unspecified atom stereocenters. The van der Waals surface area contributed by atoms with E-state index in [0.29, 0.717) is 0 Å². The van der Waals surface area contributed by atoms with Crippen molar-refractivity contribution in [2.75, 3.05) is 0 Å². The van der Waals surface area contributed by atoms with Crippen LogP contribution in [-0.4, -0.2) is 0 Å². The smallest absolute Gasteiger partial charge is 0.143 e. The molecule has 1 heterocycles. The average Bonchev–Trinajstić information content (AvgIpc) is 4.00. The maximum Gasteiger partial charge on any atom is 0.143 e. The fraction of sp³-hybridized carbons (Fsp3) is 0.354. The van der Waals surface area contributed by atoms with Crippen molar-refractivity contribution in [3.63, 3.8) is 0 Å². The molecule has 66 heavy (non-hydrogen) atoms. The molecule has 0 atom stereocenters. The molecule has 334 valence electrons. The molecule has 0 saturated heterocycles. The van der Waals surface area contributed by atoms with Gasteiger partial charge < -0.3 is 4.42 Å². The quantitative estimate of drug-likeness (QED) is 0.0882. The van der Waals surface area contributed by atoms with Crippen LogP contribution in [0.4, 0.5) is 0 Å². The van der Waals surface area contributed by atoms with Gasteiger partial charge in [0.25, 0.3) is 0 Å². The fourth-order valence-corrected chi connectivity index (χ4v) is 13.1. The zero-order chi connectivity index (χ0) is 45.2. The van der Waals surface area contributed by atoms with Crippen molar-refractivity contribution < 1.29 is 4.42 Å². The van der Waals surface area contributed by atoms with E-state index in [9.17, 15) is 0 Å². The first-order chi connectivity index (χ1) is 32.2. The number of unbranched alkanes of at least 4 members (excludes halogenated alkanes) is 10. The van der Waals surface area contributed by atoms with E-state index in [-0.39, 0.29) is 16.2 Å². The minimum Gasteiger partial charge on any atom is -0.455 e. The van der Waals surface area contributed by atoms with Crippen molar-refractivity contribution >= 4 is 21.9 Å². The molecule has 3 aliphatic rings. The third-order valence-electron chi connectivity index (χ3n) is 16.7. The van der Waals surface area contributed by atoms with E-state index in [1.165, 1.54) is 179 Å². The molecule has 1 nitrogen and oxygen atoms in total. The topological polar surface area (TPSA) is 13.1 Å². The monoisotopic (exact) mass is 865 g/mol. The van der Waals surface area contributed by atoms with Gasteiger partial charge in [-0.2, -0.15) is 0 Å². The summed E-state index contributed by atoms with van der Waals surface area (Å²) in [6.07, 6.45) is 18.5. The lowest BCUT2D eigenvalue weighted by atomic mass is 9.70. The molecular formula is C65H68O. The Morgan fingerprint density at radius 3 is 1.53 bits per heavy atom. The molecule has 0 N–H and O–H groups in total. The second kappa shape index (κ2) is 16.9. The Bertz CT molecular complexity index is 3110. The first kappa shape index (κ1) is 42.9. The van der Waals surface area contributed by atoms with Gasteiger partial charge in [0.2, 0.25) is 0 Å². The highest BCUT2D eigenvalue weighted by molar-refractivity contribution is 6.18. The van der Waals surface area contributed by atoms with E-state index in [2.05, 4.69) is 175 Å². The van der Waals surface area contributed by atoms with Gasteiger partial charge in [0, 0.05) is 32.6 Å². The summed E-state index contributed by atoms with van der Waals surface area (Å²) < 4.78 is 6.89. The minimum atomic E-state index is -0.178. The molecule has 0 spiro atoms. The van der Waals surface area contributed by atoms with Crippen LogP contribution in [0.3, 0.4) is 0 Å². The molecule has 1 heteroatoms. The summed E-state index contributed by atoms with van der Waals surface area (Å²) in [5.74, 6) is 0. The zero-order valence-electron chi connectivity index (χ0n) is 40.5. The minimum absolute atomic E-state index is 0.0703. The number of para-hydroxylation sites is 1. The van der Waals surface area contributed by atoms with Gasteiger partial charge in [0.15, 0.2) is 0 Å². The predicted molar refractivity (Wildman–Crippen MR) is 282 cm³/mol. The molecule has 8 aromatic rings. The van der Waals surface area contributed by atoms with E-state index in [1.54, 1.807) is 11.1 Å². The number of furan rings is 1. The lowest BCUT2D eigenvalue weighted by Crippen LogP contribution is -2.25. The van der Waals surface area contributed by atoms with Gasteiger partial charge in [0.1, 0.15) is 11.2 Å². The number of rotatable bonds is 16. The Balaban J connectivity index is 0.968. The molecule has 0 bridgehead atoms. The number of hydrogen-bond acceptors (Lipinski definition) is 1. The molecular weight excluding hydrogens is 797 g/mol. The molecule has 0 amide bonds. The van der Waals surface area contributed by atoms with Crippen LogP contribution in [0.1, 0.15) is 165 Å². The maximum atomic E-state index is 6.89. The summed E-state index contributed by atoms with van der Waals surface area (Å²) in [4.78, 5) is 0. The largest absolute Gasteiger partial charge is 0.455 e. The van der Waals surface area contributed by atoms with Crippen LogP contribution >= 0.6 is 0 Å². The van der Waals surface area contributed by atoms with Gasteiger partial charge >= 0.3 is 0 Å². The third kappa shape index (κ3) is 6.77. The van der Waals surface area contributed by atoms with Crippen molar-refractivity contribution in [3.8, 4) is 55.6 Å². The lowest BCUT2D eigenvalue weighted by Gasteiger charge is -2.33. The normalized spacial score (nSPS) is 15.4. The van der Waals surface area contributed by atoms with Crippen molar-refractivity contribution in [2.45, 2.75) is 148 Å². The van der Waals surface area contributed by atoms with Crippen LogP contribution in [0, 0.1) is 0 Å². The standard InChI is InChI=1S/C65H68O/c1-7-9-11-13-15-23-37-65(38-24-16-14-12-10-8-2)54-29-21-17-25-46(54)49-35-32-44(40-57(49)65)43-31-34-47-48-36-33-45(41-56(48)64(5,6)55(47)39-43)52-42-58-60(50-26-18-20-28-53(50)63(58,3)4)61-51-27-19-22-30-59(51)66-62(52)61/h17-22,25-36,39-42H,7-16,23-24,37-38H2,1-6H3. The fourth-order valence-electron chi connectivity index (χ4n) is 13.1. The molecule has 0 aliphatic heterocycles. The highest BCUT2D eigenvalue weighted by Gasteiger charge is 2.43. The number of hydrogen-bond donors (Lipinski definition) is 0. The van der Waals surface area contributed by atoms with Crippen LogP contribution in [0.15, 0.2) is 138 Å². The molecule has 0 saturated carbocycles. The van der Waals surface area contributed by atoms with Crippen LogP contribution in [-0.2, 0) is 16.2 Å². The van der Waals surface area contributed by atoms with Crippen LogP contribution in [0.25, 0.3) is 77.6 Å². The van der Waals surface area contributed by atoms with Gasteiger partial charge in [-0.1, -0.05) is 222 Å². The molecule has 11 rings (SSSR count). The van der Waals surface area contributed by atoms with Crippen molar-refractivity contribution in [1.29, 1.82) is 0 Å². The first-order valence-electron chi connectivity index (χ1n) is 25.8.